The molecule has 2 aliphatic carbocycles. The van der Waals surface area contributed by atoms with Crippen molar-refractivity contribution >= 4 is 11.9 Å². The second kappa shape index (κ2) is 4.95. The highest BCUT2D eigenvalue weighted by Crippen LogP contribution is 2.57. The minimum Gasteiger partial charge on any atom is -0.460 e. The Balaban J connectivity index is 1.91. The van der Waals surface area contributed by atoms with Gasteiger partial charge in [-0.25, -0.2) is 4.79 Å². The number of esters is 2. The molecule has 0 aromatic rings. The van der Waals surface area contributed by atoms with E-state index in [-0.39, 0.29) is 29.3 Å². The minimum atomic E-state index is -0.760. The van der Waals surface area contributed by atoms with Crippen LogP contribution in [0.1, 0.15) is 33.1 Å². The topological polar surface area (TPSA) is 72.8 Å². The number of hydrogen-bond acceptors (Lipinski definition) is 5. The molecule has 1 N–H and O–H groups in total. The van der Waals surface area contributed by atoms with E-state index in [1.807, 2.05) is 0 Å². The van der Waals surface area contributed by atoms with Crippen LogP contribution in [0.2, 0.25) is 0 Å². The van der Waals surface area contributed by atoms with E-state index in [9.17, 15) is 14.7 Å². The molecule has 0 aromatic heterocycles. The molecule has 0 radical (unpaired) electrons. The molecule has 0 spiro atoms. The first-order chi connectivity index (χ1) is 10.2. The van der Waals surface area contributed by atoms with Gasteiger partial charge in [0.15, 0.2) is 0 Å². The number of ether oxygens (including phenoxy) is 2. The summed E-state index contributed by atoms with van der Waals surface area (Å²) in [6.45, 7) is 11.4. The molecule has 1 saturated heterocycles. The first kappa shape index (κ1) is 15.3. The van der Waals surface area contributed by atoms with Crippen LogP contribution in [-0.4, -0.2) is 35.4 Å². The zero-order chi connectivity index (χ0) is 16.2. The number of fused-ring (bicyclic) bond motifs is 2. The van der Waals surface area contributed by atoms with Crippen LogP contribution < -0.4 is 0 Å². The van der Waals surface area contributed by atoms with Crippen LogP contribution in [0.4, 0.5) is 0 Å². The number of aliphatic hydroxyl groups excluding tert-OH is 1. The van der Waals surface area contributed by atoms with E-state index < -0.39 is 18.2 Å². The van der Waals surface area contributed by atoms with Gasteiger partial charge in [0.2, 0.25) is 0 Å². The normalized spacial score (nSPS) is 44.1. The fourth-order valence-corrected chi connectivity index (χ4v) is 4.60. The van der Waals surface area contributed by atoms with Crippen molar-refractivity contribution in [1.82, 2.24) is 0 Å². The average Bonchev–Trinajstić information content (AvgIpc) is 2.73. The molecule has 22 heavy (non-hydrogen) atoms. The Morgan fingerprint density at radius 3 is 2.73 bits per heavy atom. The summed E-state index contributed by atoms with van der Waals surface area (Å²) in [6.07, 6.45) is 0.258. The van der Waals surface area contributed by atoms with Crippen molar-refractivity contribution in [2.24, 2.45) is 17.3 Å². The van der Waals surface area contributed by atoms with Gasteiger partial charge in [-0.1, -0.05) is 25.7 Å². The van der Waals surface area contributed by atoms with E-state index in [0.717, 1.165) is 5.57 Å². The first-order valence-electron chi connectivity index (χ1n) is 7.65. The lowest BCUT2D eigenvalue weighted by Crippen LogP contribution is -2.32. The Hall–Kier alpha value is -1.62. The SMILES string of the molecule is C=C1C(=O)O[C@@H]2CC(=C)[C@@H]3[C@H](O)[C@@H](OC(C)=O)C[C@@]3(C)C[C@H]12. The molecule has 6 atom stereocenters. The zero-order valence-electron chi connectivity index (χ0n) is 13.0. The molecule has 120 valence electrons. The monoisotopic (exact) mass is 306 g/mol. The third-order valence-electron chi connectivity index (χ3n) is 5.46. The molecule has 5 nitrogen and oxygen atoms in total. The van der Waals surface area contributed by atoms with Crippen LogP contribution in [0.3, 0.4) is 0 Å². The van der Waals surface area contributed by atoms with Crippen LogP contribution in [0.25, 0.3) is 0 Å². The maximum Gasteiger partial charge on any atom is 0.334 e. The van der Waals surface area contributed by atoms with E-state index in [1.54, 1.807) is 0 Å². The van der Waals surface area contributed by atoms with Gasteiger partial charge in [-0.05, 0) is 18.3 Å². The molecular formula is C17H22O5. The van der Waals surface area contributed by atoms with Crippen molar-refractivity contribution in [2.45, 2.75) is 51.4 Å². The Bertz CT molecular complexity index is 565. The summed E-state index contributed by atoms with van der Waals surface area (Å²) in [5.74, 6) is -0.937. The van der Waals surface area contributed by atoms with Gasteiger partial charge < -0.3 is 14.6 Å². The van der Waals surface area contributed by atoms with Crippen molar-refractivity contribution in [3.05, 3.63) is 24.3 Å². The van der Waals surface area contributed by atoms with E-state index in [0.29, 0.717) is 24.8 Å². The van der Waals surface area contributed by atoms with Crippen LogP contribution in [0, 0.1) is 17.3 Å². The zero-order valence-corrected chi connectivity index (χ0v) is 13.0. The molecule has 0 aromatic carbocycles. The smallest absolute Gasteiger partial charge is 0.334 e. The molecule has 3 fully saturated rings. The van der Waals surface area contributed by atoms with E-state index in [4.69, 9.17) is 9.47 Å². The van der Waals surface area contributed by atoms with Crippen LogP contribution >= 0.6 is 0 Å². The minimum absolute atomic E-state index is 0.0532. The predicted octanol–water partition coefficient (Wildman–Crippen LogP) is 1.75. The molecular weight excluding hydrogens is 284 g/mol. The maximum absolute atomic E-state index is 11.8. The Kier molecular flexibility index (Phi) is 3.44. The van der Waals surface area contributed by atoms with Crippen molar-refractivity contribution in [3.8, 4) is 0 Å². The molecule has 5 heteroatoms. The van der Waals surface area contributed by atoms with Gasteiger partial charge in [0.1, 0.15) is 12.2 Å². The predicted molar refractivity (Wildman–Crippen MR) is 78.7 cm³/mol. The highest BCUT2D eigenvalue weighted by Gasteiger charge is 2.57. The fraction of sp³-hybridized carbons (Fsp3) is 0.647. The van der Waals surface area contributed by atoms with E-state index >= 15 is 0 Å². The Morgan fingerprint density at radius 1 is 1.41 bits per heavy atom. The Morgan fingerprint density at radius 2 is 2.09 bits per heavy atom. The second-order valence-corrected chi connectivity index (χ2v) is 7.12. The number of hydrogen-bond donors (Lipinski definition) is 1. The molecule has 3 aliphatic rings. The summed E-state index contributed by atoms with van der Waals surface area (Å²) in [4.78, 5) is 23.0. The highest BCUT2D eigenvalue weighted by molar-refractivity contribution is 5.90. The molecule has 3 rings (SSSR count). The van der Waals surface area contributed by atoms with Crippen molar-refractivity contribution in [1.29, 1.82) is 0 Å². The van der Waals surface area contributed by atoms with Crippen molar-refractivity contribution in [3.63, 3.8) is 0 Å². The van der Waals surface area contributed by atoms with Gasteiger partial charge in [-0.2, -0.15) is 0 Å². The van der Waals surface area contributed by atoms with Crippen molar-refractivity contribution < 1.29 is 24.2 Å². The summed E-state index contributed by atoms with van der Waals surface area (Å²) in [6, 6.07) is 0. The van der Waals surface area contributed by atoms with Crippen LogP contribution in [-0.2, 0) is 19.1 Å². The summed E-state index contributed by atoms with van der Waals surface area (Å²) >= 11 is 0. The molecule has 0 unspecified atom stereocenters. The second-order valence-electron chi connectivity index (χ2n) is 7.12. The first-order valence-corrected chi connectivity index (χ1v) is 7.65. The summed E-state index contributed by atoms with van der Waals surface area (Å²) in [5, 5.41) is 10.6. The lowest BCUT2D eigenvalue weighted by atomic mass is 9.71. The van der Waals surface area contributed by atoms with Gasteiger partial charge in [0.05, 0.1) is 6.10 Å². The third-order valence-corrected chi connectivity index (χ3v) is 5.46. The van der Waals surface area contributed by atoms with Gasteiger partial charge >= 0.3 is 11.9 Å². The average molecular weight is 306 g/mol. The highest BCUT2D eigenvalue weighted by atomic mass is 16.6. The van der Waals surface area contributed by atoms with Gasteiger partial charge in [0.25, 0.3) is 0 Å². The quantitative estimate of drug-likeness (QED) is 0.454. The van der Waals surface area contributed by atoms with Crippen LogP contribution in [0.5, 0.6) is 0 Å². The molecule has 1 heterocycles. The standard InChI is InChI=1S/C17H22O5/c1-8-5-12-11(9(2)16(20)22-12)6-17(4)7-13(21-10(3)18)15(19)14(8)17/h11-15,19H,1-2,5-7H2,3-4H3/t11-,12-,13+,14-,15-,17-/m1/s1. The summed E-state index contributed by atoms with van der Waals surface area (Å²) in [5.41, 5.74) is 1.08. The van der Waals surface area contributed by atoms with Gasteiger partial charge in [-0.3, -0.25) is 4.79 Å². The summed E-state index contributed by atoms with van der Waals surface area (Å²) in [7, 11) is 0. The third kappa shape index (κ3) is 2.19. The Labute approximate surface area is 130 Å². The largest absolute Gasteiger partial charge is 0.460 e. The molecule has 0 bridgehead atoms. The fourth-order valence-electron chi connectivity index (χ4n) is 4.60. The molecule has 0 amide bonds. The van der Waals surface area contributed by atoms with Crippen LogP contribution in [0.15, 0.2) is 24.3 Å². The number of carbonyl (C=O) groups excluding carboxylic acids is 2. The van der Waals surface area contributed by atoms with Gasteiger partial charge in [0, 0.05) is 30.8 Å². The maximum atomic E-state index is 11.8. The number of carbonyl (C=O) groups is 2. The number of rotatable bonds is 1. The lowest BCUT2D eigenvalue weighted by molar-refractivity contribution is -0.151. The van der Waals surface area contributed by atoms with E-state index in [1.165, 1.54) is 6.92 Å². The summed E-state index contributed by atoms with van der Waals surface area (Å²) < 4.78 is 10.7. The number of aliphatic hydroxyl groups is 1. The molecule has 2 saturated carbocycles. The molecule has 1 aliphatic heterocycles. The van der Waals surface area contributed by atoms with Crippen molar-refractivity contribution in [2.75, 3.05) is 0 Å². The van der Waals surface area contributed by atoms with E-state index in [2.05, 4.69) is 20.1 Å². The lowest BCUT2D eigenvalue weighted by Gasteiger charge is -2.32. The van der Waals surface area contributed by atoms with Gasteiger partial charge in [-0.15, -0.1) is 0 Å².